The fourth-order valence-electron chi connectivity index (χ4n) is 2.20. The Bertz CT molecular complexity index is 327. The van der Waals surface area contributed by atoms with Crippen molar-refractivity contribution >= 4 is 22.8 Å². The van der Waals surface area contributed by atoms with Gasteiger partial charge in [-0.1, -0.05) is 25.6 Å². The summed E-state index contributed by atoms with van der Waals surface area (Å²) < 4.78 is 0. The molecule has 0 bridgehead atoms. The van der Waals surface area contributed by atoms with Gasteiger partial charge in [0.05, 0.1) is 6.54 Å². The first kappa shape index (κ1) is 16.3. The number of amides is 1. The molecule has 19 heavy (non-hydrogen) atoms. The van der Waals surface area contributed by atoms with Crippen LogP contribution < -0.4 is 5.32 Å². The number of aliphatic imine (C=N–C) groups is 1. The van der Waals surface area contributed by atoms with E-state index in [1.165, 1.54) is 6.42 Å². The number of amidine groups is 1. The van der Waals surface area contributed by atoms with Crippen LogP contribution in [0.2, 0.25) is 0 Å². The summed E-state index contributed by atoms with van der Waals surface area (Å²) >= 11 is 1.78. The molecule has 0 aromatic carbocycles. The highest BCUT2D eigenvalue weighted by Crippen LogP contribution is 2.25. The van der Waals surface area contributed by atoms with Crippen molar-refractivity contribution in [3.05, 3.63) is 0 Å². The zero-order valence-corrected chi connectivity index (χ0v) is 13.6. The van der Waals surface area contributed by atoms with Gasteiger partial charge in [0, 0.05) is 18.3 Å². The van der Waals surface area contributed by atoms with E-state index in [2.05, 4.69) is 24.2 Å². The van der Waals surface area contributed by atoms with Crippen molar-refractivity contribution in [3.8, 4) is 0 Å². The number of thioether (sulfide) groups is 1. The van der Waals surface area contributed by atoms with Crippen LogP contribution in [0.4, 0.5) is 0 Å². The van der Waals surface area contributed by atoms with Gasteiger partial charge in [-0.15, -0.1) is 0 Å². The Hall–Kier alpha value is -0.710. The van der Waals surface area contributed by atoms with Crippen LogP contribution in [0.25, 0.3) is 0 Å². The van der Waals surface area contributed by atoms with Crippen LogP contribution in [0, 0.1) is 5.92 Å². The third kappa shape index (κ3) is 5.05. The number of nitrogens with zero attached hydrogens (tertiary/aromatic N) is 2. The molecule has 1 N–H and O–H groups in total. The van der Waals surface area contributed by atoms with Crippen molar-refractivity contribution in [2.75, 3.05) is 19.6 Å². The molecule has 0 radical (unpaired) electrons. The maximum absolute atomic E-state index is 12.2. The molecule has 0 saturated heterocycles. The summed E-state index contributed by atoms with van der Waals surface area (Å²) in [7, 11) is 0. The molecule has 1 amide bonds. The van der Waals surface area contributed by atoms with Crippen molar-refractivity contribution in [2.24, 2.45) is 10.9 Å². The topological polar surface area (TPSA) is 44.7 Å². The van der Waals surface area contributed by atoms with E-state index < -0.39 is 0 Å². The lowest BCUT2D eigenvalue weighted by Gasteiger charge is -2.24. The second-order valence-electron chi connectivity index (χ2n) is 5.39. The minimum atomic E-state index is -0.191. The van der Waals surface area contributed by atoms with Crippen molar-refractivity contribution in [3.63, 3.8) is 0 Å². The number of hydrogen-bond donors (Lipinski definition) is 1. The van der Waals surface area contributed by atoms with Gasteiger partial charge in [-0.05, 0) is 33.1 Å². The van der Waals surface area contributed by atoms with E-state index >= 15 is 0 Å². The van der Waals surface area contributed by atoms with Crippen LogP contribution in [-0.2, 0) is 4.79 Å². The van der Waals surface area contributed by atoms with Gasteiger partial charge in [-0.25, -0.2) is 0 Å². The first-order chi connectivity index (χ1) is 8.97. The normalized spacial score (nSPS) is 20.3. The summed E-state index contributed by atoms with van der Waals surface area (Å²) in [6.45, 7) is 12.8. The predicted octanol–water partition coefficient (Wildman–Crippen LogP) is 2.35. The molecule has 1 rings (SSSR count). The van der Waals surface area contributed by atoms with E-state index in [-0.39, 0.29) is 11.9 Å². The summed E-state index contributed by atoms with van der Waals surface area (Å²) in [6, 6.07) is -0.191. The highest BCUT2D eigenvalue weighted by molar-refractivity contribution is 8.14. The fourth-order valence-corrected chi connectivity index (χ4v) is 3.54. The monoisotopic (exact) mass is 285 g/mol. The van der Waals surface area contributed by atoms with E-state index in [0.29, 0.717) is 11.2 Å². The molecular formula is C14H27N3OS. The Kier molecular flexibility index (Phi) is 6.69. The zero-order valence-electron chi connectivity index (χ0n) is 12.8. The van der Waals surface area contributed by atoms with Crippen molar-refractivity contribution in [1.82, 2.24) is 10.2 Å². The molecule has 0 fully saturated rings. The van der Waals surface area contributed by atoms with Gasteiger partial charge >= 0.3 is 0 Å². The van der Waals surface area contributed by atoms with Gasteiger partial charge in [-0.2, -0.15) is 0 Å². The molecule has 0 aromatic heterocycles. The summed E-state index contributed by atoms with van der Waals surface area (Å²) in [5.74, 6) is 0.849. The molecular weight excluding hydrogens is 258 g/mol. The lowest BCUT2D eigenvalue weighted by Crippen LogP contribution is -2.46. The molecule has 1 aliphatic heterocycles. The van der Waals surface area contributed by atoms with Gasteiger partial charge in [0.15, 0.2) is 5.17 Å². The maximum Gasteiger partial charge on any atom is 0.244 e. The maximum atomic E-state index is 12.2. The fraction of sp³-hybridized carbons (Fsp3) is 0.857. The second kappa shape index (κ2) is 7.78. The van der Waals surface area contributed by atoms with Crippen molar-refractivity contribution in [2.45, 2.75) is 52.3 Å². The summed E-state index contributed by atoms with van der Waals surface area (Å²) in [5.41, 5.74) is 0. The van der Waals surface area contributed by atoms with Gasteiger partial charge in [-0.3, -0.25) is 9.79 Å². The van der Waals surface area contributed by atoms with Gasteiger partial charge in [0.2, 0.25) is 5.91 Å². The van der Waals surface area contributed by atoms with Gasteiger partial charge < -0.3 is 10.2 Å². The van der Waals surface area contributed by atoms with Crippen LogP contribution in [0.1, 0.15) is 41.0 Å². The van der Waals surface area contributed by atoms with Crippen molar-refractivity contribution in [1.29, 1.82) is 0 Å². The molecule has 1 aliphatic rings. The molecule has 0 aromatic rings. The number of hydrogen-bond acceptors (Lipinski definition) is 4. The Morgan fingerprint density at radius 2 is 2.05 bits per heavy atom. The minimum absolute atomic E-state index is 0.153. The Morgan fingerprint density at radius 3 is 2.58 bits per heavy atom. The molecule has 2 atom stereocenters. The number of likely N-dealkylation sites (N-methyl/N-ethyl adjacent to an activating group) is 1. The minimum Gasteiger partial charge on any atom is -0.353 e. The number of carbonyl (C=O) groups is 1. The van der Waals surface area contributed by atoms with Gasteiger partial charge in [0.1, 0.15) is 6.04 Å². The number of nitrogens with one attached hydrogen (secondary N) is 1. The van der Waals surface area contributed by atoms with Crippen LogP contribution in [0.15, 0.2) is 4.99 Å². The SMILES string of the molecule is CCN(CC)C(=O)C(C)NC1=NCC(CC(C)C)S1. The van der Waals surface area contributed by atoms with Gasteiger partial charge in [0.25, 0.3) is 0 Å². The van der Waals surface area contributed by atoms with E-state index in [9.17, 15) is 4.79 Å². The standard InChI is InChI=1S/C14H27N3OS/c1-6-17(7-2)13(18)11(5)16-14-15-9-12(19-14)8-10(3)4/h10-12H,6-9H2,1-5H3,(H,15,16). The lowest BCUT2D eigenvalue weighted by atomic mass is 10.1. The highest BCUT2D eigenvalue weighted by Gasteiger charge is 2.24. The Balaban J connectivity index is 2.42. The predicted molar refractivity (Wildman–Crippen MR) is 83.7 cm³/mol. The third-order valence-corrected chi connectivity index (χ3v) is 4.38. The van der Waals surface area contributed by atoms with Crippen LogP contribution in [0.3, 0.4) is 0 Å². The van der Waals surface area contributed by atoms with Crippen LogP contribution in [-0.4, -0.2) is 46.9 Å². The first-order valence-corrected chi connectivity index (χ1v) is 8.12. The Labute approximate surface area is 121 Å². The molecule has 1 heterocycles. The zero-order chi connectivity index (χ0) is 14.4. The molecule has 2 unspecified atom stereocenters. The highest BCUT2D eigenvalue weighted by atomic mass is 32.2. The van der Waals surface area contributed by atoms with Crippen LogP contribution in [0.5, 0.6) is 0 Å². The largest absolute Gasteiger partial charge is 0.353 e. The van der Waals surface area contributed by atoms with Crippen molar-refractivity contribution < 1.29 is 4.79 Å². The number of carbonyl (C=O) groups excluding carboxylic acids is 1. The molecule has 0 spiro atoms. The summed E-state index contributed by atoms with van der Waals surface area (Å²) in [5, 5.41) is 4.75. The second-order valence-corrected chi connectivity index (χ2v) is 6.68. The molecule has 0 aliphatic carbocycles. The van der Waals surface area contributed by atoms with E-state index in [1.54, 1.807) is 11.8 Å². The summed E-state index contributed by atoms with van der Waals surface area (Å²) in [6.07, 6.45) is 1.18. The molecule has 5 heteroatoms. The first-order valence-electron chi connectivity index (χ1n) is 7.24. The summed E-state index contributed by atoms with van der Waals surface area (Å²) in [4.78, 5) is 18.5. The lowest BCUT2D eigenvalue weighted by molar-refractivity contribution is -0.132. The molecule has 4 nitrogen and oxygen atoms in total. The van der Waals surface area contributed by atoms with Crippen LogP contribution >= 0.6 is 11.8 Å². The van der Waals surface area contributed by atoms with E-state index in [4.69, 9.17) is 0 Å². The Morgan fingerprint density at radius 1 is 1.42 bits per heavy atom. The average Bonchev–Trinajstić information content (AvgIpc) is 2.76. The molecule has 110 valence electrons. The average molecular weight is 285 g/mol. The quantitative estimate of drug-likeness (QED) is 0.815. The third-order valence-electron chi connectivity index (χ3n) is 3.24. The smallest absolute Gasteiger partial charge is 0.244 e. The molecule has 0 saturated carbocycles. The van der Waals surface area contributed by atoms with E-state index in [1.807, 2.05) is 25.7 Å². The van der Waals surface area contributed by atoms with E-state index in [0.717, 1.165) is 24.8 Å². The number of rotatable bonds is 6.